The number of imidazole rings is 1. The molecule has 0 aromatic carbocycles. The van der Waals surface area contributed by atoms with Crippen LogP contribution in [0.15, 0.2) is 36.8 Å². The number of hydrogen-bond donors (Lipinski definition) is 1. The lowest BCUT2D eigenvalue weighted by molar-refractivity contribution is 0.0568. The number of nitrogens with zero attached hydrogens (tertiary/aromatic N) is 4. The predicted molar refractivity (Wildman–Crippen MR) is 89.4 cm³/mol. The highest BCUT2D eigenvalue weighted by Gasteiger charge is 2.19. The number of alkyl halides is 2. The van der Waals surface area contributed by atoms with Gasteiger partial charge >= 0.3 is 6.55 Å². The molecule has 0 unspecified atom stereocenters. The summed E-state index contributed by atoms with van der Waals surface area (Å²) in [6, 6.07) is 4.73. The fraction of sp³-hybridized carbons (Fsp3) is 0.353. The van der Waals surface area contributed by atoms with E-state index in [0.717, 1.165) is 43.6 Å². The Hall–Kier alpha value is -2.81. The molecule has 3 aromatic rings. The number of aromatic nitrogens is 4. The van der Waals surface area contributed by atoms with Crippen molar-refractivity contribution in [1.29, 1.82) is 0 Å². The van der Waals surface area contributed by atoms with E-state index in [0.29, 0.717) is 16.2 Å². The van der Waals surface area contributed by atoms with Crippen LogP contribution in [0, 0.1) is 0 Å². The van der Waals surface area contributed by atoms with Crippen LogP contribution in [0.25, 0.3) is 5.65 Å². The van der Waals surface area contributed by atoms with E-state index in [1.165, 1.54) is 6.07 Å². The number of carbonyl (C=O) groups is 1. The first-order valence-corrected chi connectivity index (χ1v) is 8.31. The lowest BCUT2D eigenvalue weighted by Crippen LogP contribution is -2.14. The van der Waals surface area contributed by atoms with Gasteiger partial charge in [-0.05, 0) is 25.0 Å². The number of halogens is 2. The van der Waals surface area contributed by atoms with E-state index in [2.05, 4.69) is 15.4 Å². The largest absolute Gasteiger partial charge is 0.381 e. The standard InChI is InChI=1S/C17H17F2N5O2/c18-17(19)24-6-3-14(22-24)21-16(25)12-1-2-15-20-13(10-23(15)9-12)11-4-7-26-8-5-11/h1-3,6,9-11,17H,4-5,7-8H2,(H,21,22,25). The summed E-state index contributed by atoms with van der Waals surface area (Å²) in [4.78, 5) is 17.0. The first-order valence-electron chi connectivity index (χ1n) is 8.31. The lowest BCUT2D eigenvalue weighted by Gasteiger charge is -2.19. The molecule has 136 valence electrons. The summed E-state index contributed by atoms with van der Waals surface area (Å²) < 4.78 is 32.7. The molecule has 4 rings (SSSR count). The Kier molecular flexibility index (Phi) is 4.37. The van der Waals surface area contributed by atoms with Crippen LogP contribution < -0.4 is 5.32 Å². The average Bonchev–Trinajstić information content (AvgIpc) is 3.28. The topological polar surface area (TPSA) is 73.5 Å². The second-order valence-corrected chi connectivity index (χ2v) is 6.15. The average molecular weight is 361 g/mol. The third-order valence-electron chi connectivity index (χ3n) is 4.42. The Morgan fingerprint density at radius 2 is 2.04 bits per heavy atom. The second-order valence-electron chi connectivity index (χ2n) is 6.15. The predicted octanol–water partition coefficient (Wildman–Crippen LogP) is 3.07. The zero-order valence-corrected chi connectivity index (χ0v) is 13.8. The van der Waals surface area contributed by atoms with Gasteiger partial charge in [-0.3, -0.25) is 4.79 Å². The number of rotatable bonds is 4. The summed E-state index contributed by atoms with van der Waals surface area (Å²) in [7, 11) is 0. The van der Waals surface area contributed by atoms with E-state index in [4.69, 9.17) is 4.74 Å². The van der Waals surface area contributed by atoms with Crippen LogP contribution in [0.3, 0.4) is 0 Å². The number of amides is 1. The molecule has 1 N–H and O–H groups in total. The molecule has 0 spiro atoms. The lowest BCUT2D eigenvalue weighted by atomic mass is 9.97. The Bertz CT molecular complexity index is 930. The minimum Gasteiger partial charge on any atom is -0.381 e. The van der Waals surface area contributed by atoms with Crippen molar-refractivity contribution in [2.45, 2.75) is 25.3 Å². The van der Waals surface area contributed by atoms with Crippen molar-refractivity contribution >= 4 is 17.4 Å². The maximum atomic E-state index is 12.5. The highest BCUT2D eigenvalue weighted by atomic mass is 19.3. The van der Waals surface area contributed by atoms with Gasteiger partial charge in [0.2, 0.25) is 0 Å². The summed E-state index contributed by atoms with van der Waals surface area (Å²) in [5.41, 5.74) is 2.13. The van der Waals surface area contributed by atoms with Gasteiger partial charge in [-0.25, -0.2) is 9.67 Å². The molecule has 0 aliphatic carbocycles. The quantitative estimate of drug-likeness (QED) is 0.775. The van der Waals surface area contributed by atoms with Gasteiger partial charge in [0.1, 0.15) is 5.65 Å². The number of anilines is 1. The molecule has 1 aliphatic rings. The molecule has 9 heteroatoms. The number of ether oxygens (including phenoxy) is 1. The van der Waals surface area contributed by atoms with E-state index in [1.807, 2.05) is 6.20 Å². The molecule has 1 fully saturated rings. The number of fused-ring (bicyclic) bond motifs is 1. The maximum absolute atomic E-state index is 12.5. The van der Waals surface area contributed by atoms with Crippen LogP contribution in [-0.4, -0.2) is 38.3 Å². The monoisotopic (exact) mass is 361 g/mol. The molecule has 4 heterocycles. The van der Waals surface area contributed by atoms with Gasteiger partial charge in [-0.2, -0.15) is 13.9 Å². The number of carbonyl (C=O) groups excluding carboxylic acids is 1. The van der Waals surface area contributed by atoms with Gasteiger partial charge in [-0.1, -0.05) is 0 Å². The molecule has 1 amide bonds. The zero-order chi connectivity index (χ0) is 18.1. The first kappa shape index (κ1) is 16.6. The normalized spacial score (nSPS) is 15.7. The molecular weight excluding hydrogens is 344 g/mol. The van der Waals surface area contributed by atoms with Crippen molar-refractivity contribution in [3.63, 3.8) is 0 Å². The van der Waals surface area contributed by atoms with Gasteiger partial charge in [0.15, 0.2) is 5.82 Å². The van der Waals surface area contributed by atoms with Crippen LogP contribution in [-0.2, 0) is 4.74 Å². The maximum Gasteiger partial charge on any atom is 0.333 e. The molecule has 0 saturated carbocycles. The van der Waals surface area contributed by atoms with E-state index >= 15 is 0 Å². The van der Waals surface area contributed by atoms with Crippen LogP contribution in [0.1, 0.15) is 41.4 Å². The van der Waals surface area contributed by atoms with Crippen molar-refractivity contribution < 1.29 is 18.3 Å². The van der Waals surface area contributed by atoms with Crippen LogP contribution in [0.2, 0.25) is 0 Å². The molecule has 3 aromatic heterocycles. The van der Waals surface area contributed by atoms with Crippen molar-refractivity contribution in [3.8, 4) is 0 Å². The highest BCUT2D eigenvalue weighted by Crippen LogP contribution is 2.26. The first-order chi connectivity index (χ1) is 12.6. The van der Waals surface area contributed by atoms with Gasteiger partial charge < -0.3 is 14.5 Å². The molecular formula is C17H17F2N5O2. The second kappa shape index (κ2) is 6.83. The van der Waals surface area contributed by atoms with E-state index in [9.17, 15) is 13.6 Å². The molecule has 0 radical (unpaired) electrons. The minimum absolute atomic E-state index is 0.0731. The van der Waals surface area contributed by atoms with Crippen LogP contribution in [0.4, 0.5) is 14.6 Å². The third-order valence-corrected chi connectivity index (χ3v) is 4.42. The summed E-state index contributed by atoms with van der Waals surface area (Å²) in [6.07, 6.45) is 6.58. The minimum atomic E-state index is -2.74. The Balaban J connectivity index is 1.53. The highest BCUT2D eigenvalue weighted by molar-refractivity contribution is 6.03. The number of nitrogens with one attached hydrogen (secondary N) is 1. The van der Waals surface area contributed by atoms with E-state index in [-0.39, 0.29) is 5.82 Å². The van der Waals surface area contributed by atoms with E-state index in [1.54, 1.807) is 22.7 Å². The zero-order valence-electron chi connectivity index (χ0n) is 13.8. The smallest absolute Gasteiger partial charge is 0.333 e. The summed E-state index contributed by atoms with van der Waals surface area (Å²) in [6.45, 7) is -1.28. The van der Waals surface area contributed by atoms with Gasteiger partial charge in [0.05, 0.1) is 11.3 Å². The van der Waals surface area contributed by atoms with Crippen LogP contribution >= 0.6 is 0 Å². The van der Waals surface area contributed by atoms with Crippen molar-refractivity contribution in [2.24, 2.45) is 0 Å². The molecule has 26 heavy (non-hydrogen) atoms. The molecule has 0 bridgehead atoms. The van der Waals surface area contributed by atoms with Crippen LogP contribution in [0.5, 0.6) is 0 Å². The fourth-order valence-corrected chi connectivity index (χ4v) is 3.04. The van der Waals surface area contributed by atoms with Crippen molar-refractivity contribution in [2.75, 3.05) is 18.5 Å². The number of hydrogen-bond acceptors (Lipinski definition) is 4. The SMILES string of the molecule is O=C(Nc1ccn(C(F)F)n1)c1ccc2nc(C3CCOCC3)cn2c1. The molecule has 7 nitrogen and oxygen atoms in total. The summed E-state index contributed by atoms with van der Waals surface area (Å²) in [5, 5.41) is 6.12. The summed E-state index contributed by atoms with van der Waals surface area (Å²) in [5.74, 6) is 0.0101. The van der Waals surface area contributed by atoms with Gasteiger partial charge in [-0.15, -0.1) is 0 Å². The summed E-state index contributed by atoms with van der Waals surface area (Å²) >= 11 is 0. The fourth-order valence-electron chi connectivity index (χ4n) is 3.04. The van der Waals surface area contributed by atoms with Crippen molar-refractivity contribution in [1.82, 2.24) is 19.2 Å². The van der Waals surface area contributed by atoms with Gasteiger partial charge in [0, 0.05) is 43.8 Å². The Morgan fingerprint density at radius 3 is 2.77 bits per heavy atom. The Morgan fingerprint density at radius 1 is 1.23 bits per heavy atom. The molecule has 1 saturated heterocycles. The van der Waals surface area contributed by atoms with E-state index < -0.39 is 12.5 Å². The van der Waals surface area contributed by atoms with Crippen molar-refractivity contribution in [3.05, 3.63) is 48.0 Å². The Labute approximate surface area is 147 Å². The van der Waals surface area contributed by atoms with Gasteiger partial charge in [0.25, 0.3) is 5.91 Å². The third kappa shape index (κ3) is 3.30. The molecule has 0 atom stereocenters. The number of pyridine rings is 1. The molecule has 1 aliphatic heterocycles.